The number of pyridine rings is 1. The number of nitriles is 1. The second-order valence-corrected chi connectivity index (χ2v) is 3.93. The molecule has 0 aliphatic heterocycles. The van der Waals surface area contributed by atoms with Gasteiger partial charge in [-0.2, -0.15) is 5.26 Å². The van der Waals surface area contributed by atoms with Crippen LogP contribution in [-0.4, -0.2) is 22.8 Å². The predicted octanol–water partition coefficient (Wildman–Crippen LogP) is 0.215. The number of primary amides is 1. The molecular formula is C12H14N4O2. The first-order valence-corrected chi connectivity index (χ1v) is 5.43. The number of nitrogens with zero attached hydrogens (tertiary/aromatic N) is 2. The van der Waals surface area contributed by atoms with E-state index >= 15 is 0 Å². The summed E-state index contributed by atoms with van der Waals surface area (Å²) < 4.78 is 0. The molecule has 0 radical (unpaired) electrons. The summed E-state index contributed by atoms with van der Waals surface area (Å²) in [6.07, 6.45) is 3.07. The number of aromatic nitrogens is 1. The standard InChI is InChI=1S/C12H14N4O2/c1-8(4-5-13)10(11(14)17)16-12(18)9-3-2-6-15-7-9/h2-3,6-8,10H,4H2,1H3,(H2,14,17)(H,16,18)/t8-,10-/m1/s1. The van der Waals surface area contributed by atoms with Crippen molar-refractivity contribution in [3.05, 3.63) is 30.1 Å². The zero-order valence-electron chi connectivity index (χ0n) is 9.96. The van der Waals surface area contributed by atoms with Crippen molar-refractivity contribution in [3.63, 3.8) is 0 Å². The molecule has 6 heteroatoms. The van der Waals surface area contributed by atoms with Crippen molar-refractivity contribution in [2.75, 3.05) is 0 Å². The normalized spacial score (nSPS) is 13.1. The summed E-state index contributed by atoms with van der Waals surface area (Å²) in [5.41, 5.74) is 5.56. The van der Waals surface area contributed by atoms with Crippen molar-refractivity contribution < 1.29 is 9.59 Å². The van der Waals surface area contributed by atoms with Crippen LogP contribution in [0.1, 0.15) is 23.7 Å². The van der Waals surface area contributed by atoms with Gasteiger partial charge in [-0.05, 0) is 18.1 Å². The van der Waals surface area contributed by atoms with E-state index in [1.165, 1.54) is 6.20 Å². The fourth-order valence-electron chi connectivity index (χ4n) is 1.48. The van der Waals surface area contributed by atoms with E-state index in [1.807, 2.05) is 6.07 Å². The van der Waals surface area contributed by atoms with Crippen LogP contribution < -0.4 is 11.1 Å². The summed E-state index contributed by atoms with van der Waals surface area (Å²) in [4.78, 5) is 26.9. The van der Waals surface area contributed by atoms with Gasteiger partial charge in [0.15, 0.2) is 0 Å². The van der Waals surface area contributed by atoms with Gasteiger partial charge in [0, 0.05) is 18.8 Å². The lowest BCUT2D eigenvalue weighted by Crippen LogP contribution is -2.48. The Bertz CT molecular complexity index is 467. The van der Waals surface area contributed by atoms with E-state index < -0.39 is 17.9 Å². The highest BCUT2D eigenvalue weighted by atomic mass is 16.2. The molecule has 1 aromatic rings. The zero-order valence-corrected chi connectivity index (χ0v) is 9.96. The third-order valence-electron chi connectivity index (χ3n) is 2.50. The maximum absolute atomic E-state index is 11.8. The van der Waals surface area contributed by atoms with Gasteiger partial charge in [0.1, 0.15) is 6.04 Å². The van der Waals surface area contributed by atoms with Crippen LogP contribution in [0.25, 0.3) is 0 Å². The van der Waals surface area contributed by atoms with Gasteiger partial charge in [0.2, 0.25) is 5.91 Å². The highest BCUT2D eigenvalue weighted by Crippen LogP contribution is 2.08. The van der Waals surface area contributed by atoms with Gasteiger partial charge in [0.05, 0.1) is 11.6 Å². The van der Waals surface area contributed by atoms with E-state index in [2.05, 4.69) is 10.3 Å². The van der Waals surface area contributed by atoms with Crippen LogP contribution in [0.4, 0.5) is 0 Å². The number of rotatable bonds is 5. The van der Waals surface area contributed by atoms with Gasteiger partial charge in [-0.1, -0.05) is 6.92 Å². The van der Waals surface area contributed by atoms with Gasteiger partial charge >= 0.3 is 0 Å². The average Bonchev–Trinajstić information content (AvgIpc) is 2.36. The Balaban J connectivity index is 2.77. The molecule has 0 aliphatic carbocycles. The van der Waals surface area contributed by atoms with Crippen molar-refractivity contribution in [2.45, 2.75) is 19.4 Å². The minimum absolute atomic E-state index is 0.140. The van der Waals surface area contributed by atoms with E-state index in [9.17, 15) is 9.59 Å². The Morgan fingerprint density at radius 1 is 1.61 bits per heavy atom. The number of nitrogens with one attached hydrogen (secondary N) is 1. The minimum Gasteiger partial charge on any atom is -0.368 e. The first-order chi connectivity index (χ1) is 8.56. The van der Waals surface area contributed by atoms with E-state index in [0.717, 1.165) is 0 Å². The lowest BCUT2D eigenvalue weighted by Gasteiger charge is -2.20. The molecule has 2 amide bonds. The van der Waals surface area contributed by atoms with Gasteiger partial charge in [0.25, 0.3) is 5.91 Å². The molecule has 0 unspecified atom stereocenters. The third kappa shape index (κ3) is 3.56. The van der Waals surface area contributed by atoms with E-state index in [0.29, 0.717) is 5.56 Å². The van der Waals surface area contributed by atoms with Crippen molar-refractivity contribution in [2.24, 2.45) is 11.7 Å². The van der Waals surface area contributed by atoms with Crippen molar-refractivity contribution in [3.8, 4) is 6.07 Å². The first kappa shape index (κ1) is 13.6. The largest absolute Gasteiger partial charge is 0.368 e. The molecule has 6 nitrogen and oxygen atoms in total. The number of carbonyl (C=O) groups is 2. The number of nitrogens with two attached hydrogens (primary N) is 1. The van der Waals surface area contributed by atoms with Crippen LogP contribution in [0.3, 0.4) is 0 Å². The Kier molecular flexibility index (Phi) is 4.81. The molecule has 0 saturated carbocycles. The summed E-state index contributed by atoms with van der Waals surface area (Å²) in [5, 5.41) is 11.1. The number of hydrogen-bond acceptors (Lipinski definition) is 4. The fourth-order valence-corrected chi connectivity index (χ4v) is 1.48. The van der Waals surface area contributed by atoms with Gasteiger partial charge < -0.3 is 11.1 Å². The lowest BCUT2D eigenvalue weighted by atomic mass is 9.98. The monoisotopic (exact) mass is 246 g/mol. The maximum Gasteiger partial charge on any atom is 0.253 e. The highest BCUT2D eigenvalue weighted by molar-refractivity contribution is 5.97. The molecule has 2 atom stereocenters. The Labute approximate surface area is 105 Å². The van der Waals surface area contributed by atoms with Gasteiger partial charge in [-0.15, -0.1) is 0 Å². The summed E-state index contributed by atoms with van der Waals surface area (Å²) in [5.74, 6) is -1.43. The third-order valence-corrected chi connectivity index (χ3v) is 2.50. The Hall–Kier alpha value is -2.42. The van der Waals surface area contributed by atoms with E-state index in [-0.39, 0.29) is 12.3 Å². The summed E-state index contributed by atoms with van der Waals surface area (Å²) in [6.45, 7) is 1.68. The van der Waals surface area contributed by atoms with Crippen molar-refractivity contribution in [1.82, 2.24) is 10.3 Å². The quantitative estimate of drug-likeness (QED) is 0.774. The molecule has 1 heterocycles. The zero-order chi connectivity index (χ0) is 13.5. The second-order valence-electron chi connectivity index (χ2n) is 3.93. The van der Waals surface area contributed by atoms with E-state index in [4.69, 9.17) is 11.0 Å². The fraction of sp³-hybridized carbons (Fsp3) is 0.333. The highest BCUT2D eigenvalue weighted by Gasteiger charge is 2.25. The van der Waals surface area contributed by atoms with Crippen LogP contribution >= 0.6 is 0 Å². The number of hydrogen-bond donors (Lipinski definition) is 2. The summed E-state index contributed by atoms with van der Waals surface area (Å²) >= 11 is 0. The van der Waals surface area contributed by atoms with Crippen LogP contribution in [0.5, 0.6) is 0 Å². The van der Waals surface area contributed by atoms with E-state index in [1.54, 1.807) is 25.3 Å². The molecule has 18 heavy (non-hydrogen) atoms. The Morgan fingerprint density at radius 2 is 2.33 bits per heavy atom. The maximum atomic E-state index is 11.8. The topological polar surface area (TPSA) is 109 Å². The van der Waals surface area contributed by atoms with Crippen LogP contribution in [0.15, 0.2) is 24.5 Å². The smallest absolute Gasteiger partial charge is 0.253 e. The molecule has 0 fully saturated rings. The number of carbonyl (C=O) groups excluding carboxylic acids is 2. The summed E-state index contributed by atoms with van der Waals surface area (Å²) in [6, 6.07) is 4.28. The van der Waals surface area contributed by atoms with Gasteiger partial charge in [-0.3, -0.25) is 14.6 Å². The van der Waals surface area contributed by atoms with Crippen LogP contribution in [0, 0.1) is 17.2 Å². The Morgan fingerprint density at radius 3 is 2.83 bits per heavy atom. The molecule has 1 aromatic heterocycles. The molecule has 1 rings (SSSR count). The molecule has 3 N–H and O–H groups in total. The predicted molar refractivity (Wildman–Crippen MR) is 64.1 cm³/mol. The summed E-state index contributed by atoms with van der Waals surface area (Å²) in [7, 11) is 0. The molecule has 0 aliphatic rings. The molecule has 0 bridgehead atoms. The van der Waals surface area contributed by atoms with Gasteiger partial charge in [-0.25, -0.2) is 0 Å². The second kappa shape index (κ2) is 6.35. The van der Waals surface area contributed by atoms with Crippen molar-refractivity contribution >= 4 is 11.8 Å². The number of amides is 2. The molecule has 0 spiro atoms. The lowest BCUT2D eigenvalue weighted by molar-refractivity contribution is -0.120. The van der Waals surface area contributed by atoms with Crippen molar-refractivity contribution in [1.29, 1.82) is 5.26 Å². The first-order valence-electron chi connectivity index (χ1n) is 5.43. The molecular weight excluding hydrogens is 232 g/mol. The SMILES string of the molecule is C[C@H](CC#N)[C@@H](NC(=O)c1cccnc1)C(N)=O. The van der Waals surface area contributed by atoms with Crippen LogP contribution in [-0.2, 0) is 4.79 Å². The van der Waals surface area contributed by atoms with Crippen LogP contribution in [0.2, 0.25) is 0 Å². The molecule has 94 valence electrons. The average molecular weight is 246 g/mol. The minimum atomic E-state index is -0.864. The molecule has 0 aromatic carbocycles. The molecule has 0 saturated heterocycles.